The fourth-order valence-corrected chi connectivity index (χ4v) is 5.44. The highest BCUT2D eigenvalue weighted by molar-refractivity contribution is 7.89. The second kappa shape index (κ2) is 13.6. The molecule has 3 rings (SSSR count). The van der Waals surface area contributed by atoms with E-state index in [-0.39, 0.29) is 11.8 Å². The molecule has 3 N–H and O–H groups in total. The van der Waals surface area contributed by atoms with Crippen LogP contribution in [0.4, 0.5) is 0 Å². The van der Waals surface area contributed by atoms with Gasteiger partial charge < -0.3 is 10.6 Å². The molecule has 0 bridgehead atoms. The van der Waals surface area contributed by atoms with Crippen molar-refractivity contribution in [3.8, 4) is 0 Å². The number of likely N-dealkylation sites (tertiary alicyclic amines) is 1. The van der Waals surface area contributed by atoms with E-state index < -0.39 is 10.0 Å². The third-order valence-corrected chi connectivity index (χ3v) is 7.97. The molecule has 190 valence electrons. The fraction of sp³-hybridized carbons (Fsp3) is 0.464. The van der Waals surface area contributed by atoms with Crippen LogP contribution in [0.2, 0.25) is 0 Å². The van der Waals surface area contributed by atoms with Crippen LogP contribution in [-0.4, -0.2) is 51.0 Å². The maximum atomic E-state index is 12.3. The summed E-state index contributed by atoms with van der Waals surface area (Å²) in [6.45, 7) is 7.29. The number of piperidine rings is 1. The average molecular weight is 497 g/mol. The van der Waals surface area contributed by atoms with Crippen molar-refractivity contribution in [3.05, 3.63) is 83.6 Å². The summed E-state index contributed by atoms with van der Waals surface area (Å²) >= 11 is 0. The molecule has 1 atom stereocenters. The summed E-state index contributed by atoms with van der Waals surface area (Å²) in [7, 11) is -3.28. The lowest BCUT2D eigenvalue weighted by atomic mass is 9.90. The van der Waals surface area contributed by atoms with E-state index in [4.69, 9.17) is 10.7 Å². The minimum atomic E-state index is -3.28. The lowest BCUT2D eigenvalue weighted by molar-refractivity contribution is 0.202. The van der Waals surface area contributed by atoms with Gasteiger partial charge in [-0.25, -0.2) is 13.1 Å². The number of allylic oxidation sites excluding steroid dienone is 2. The standard InChI is InChI=1S/C28H40N4O2S/c1-3-30-28(22-26(29)21-23-11-7-5-8-12-23)25-15-18-32(19-16-25)20-17-27(31-35(33,34)4-2)24-13-9-6-10-14-24/h5-14,22,25,27,31H,3-4,15-21,29H2,1-2H3/b26-22-,30-28?/t27-/m0/s1. The zero-order valence-corrected chi connectivity index (χ0v) is 21.9. The number of benzene rings is 2. The van der Waals surface area contributed by atoms with E-state index in [1.807, 2.05) is 48.5 Å². The van der Waals surface area contributed by atoms with E-state index in [0.717, 1.165) is 68.8 Å². The number of rotatable bonds is 12. The quantitative estimate of drug-likeness (QED) is 0.429. The number of nitrogens with two attached hydrogens (primary N) is 1. The molecule has 2 aromatic rings. The van der Waals surface area contributed by atoms with Crippen LogP contribution in [0, 0.1) is 5.92 Å². The summed E-state index contributed by atoms with van der Waals surface area (Å²) in [6, 6.07) is 19.9. The highest BCUT2D eigenvalue weighted by Gasteiger charge is 2.24. The first kappa shape index (κ1) is 27.1. The van der Waals surface area contributed by atoms with Crippen LogP contribution in [-0.2, 0) is 16.4 Å². The van der Waals surface area contributed by atoms with Crippen molar-refractivity contribution >= 4 is 15.7 Å². The van der Waals surface area contributed by atoms with E-state index in [1.54, 1.807) is 6.92 Å². The number of hydrogen-bond donors (Lipinski definition) is 2. The number of nitrogens with one attached hydrogen (secondary N) is 1. The van der Waals surface area contributed by atoms with Crippen LogP contribution < -0.4 is 10.5 Å². The van der Waals surface area contributed by atoms with Gasteiger partial charge in [0.1, 0.15) is 0 Å². The molecule has 0 aliphatic carbocycles. The zero-order chi connectivity index (χ0) is 25.1. The molecule has 35 heavy (non-hydrogen) atoms. The maximum absolute atomic E-state index is 12.3. The molecule has 0 saturated carbocycles. The maximum Gasteiger partial charge on any atom is 0.211 e. The Balaban J connectivity index is 1.57. The normalized spacial score (nSPS) is 17.4. The first-order valence-corrected chi connectivity index (χ1v) is 14.4. The predicted molar refractivity (Wildman–Crippen MR) is 146 cm³/mol. The Morgan fingerprint density at radius 3 is 2.31 bits per heavy atom. The van der Waals surface area contributed by atoms with Gasteiger partial charge >= 0.3 is 0 Å². The molecule has 1 aliphatic heterocycles. The number of sulfonamides is 1. The number of aliphatic imine (C=N–C) groups is 1. The lowest BCUT2D eigenvalue weighted by Crippen LogP contribution is -2.39. The highest BCUT2D eigenvalue weighted by Crippen LogP contribution is 2.23. The molecule has 0 unspecified atom stereocenters. The van der Waals surface area contributed by atoms with Crippen molar-refractivity contribution in [2.45, 2.75) is 45.6 Å². The molecule has 7 heteroatoms. The minimum Gasteiger partial charge on any atom is -0.402 e. The van der Waals surface area contributed by atoms with Crippen LogP contribution in [0.3, 0.4) is 0 Å². The first-order chi connectivity index (χ1) is 16.9. The van der Waals surface area contributed by atoms with Gasteiger partial charge in [-0.2, -0.15) is 0 Å². The van der Waals surface area contributed by atoms with Crippen molar-refractivity contribution in [1.29, 1.82) is 0 Å². The van der Waals surface area contributed by atoms with E-state index in [0.29, 0.717) is 5.92 Å². The molecule has 2 aromatic carbocycles. The third-order valence-electron chi connectivity index (χ3n) is 6.57. The molecule has 0 radical (unpaired) electrons. The van der Waals surface area contributed by atoms with E-state index in [1.165, 1.54) is 5.56 Å². The van der Waals surface area contributed by atoms with Crippen LogP contribution in [0.25, 0.3) is 0 Å². The van der Waals surface area contributed by atoms with Gasteiger partial charge in [0.2, 0.25) is 10.0 Å². The number of hydrogen-bond acceptors (Lipinski definition) is 5. The van der Waals surface area contributed by atoms with Gasteiger partial charge in [-0.1, -0.05) is 60.7 Å². The van der Waals surface area contributed by atoms with Gasteiger partial charge in [0, 0.05) is 36.3 Å². The Kier molecular flexibility index (Phi) is 10.5. The second-order valence-electron chi connectivity index (χ2n) is 9.17. The van der Waals surface area contributed by atoms with Crippen molar-refractivity contribution in [2.75, 3.05) is 31.9 Å². The fourth-order valence-electron chi connectivity index (χ4n) is 4.59. The second-order valence-corrected chi connectivity index (χ2v) is 11.2. The van der Waals surface area contributed by atoms with E-state index in [9.17, 15) is 8.42 Å². The Bertz CT molecular complexity index is 1060. The molecule has 1 aliphatic rings. The summed E-state index contributed by atoms with van der Waals surface area (Å²) in [4.78, 5) is 7.22. The topological polar surface area (TPSA) is 87.8 Å². The van der Waals surface area contributed by atoms with Gasteiger partial charge in [-0.05, 0) is 69.9 Å². The smallest absolute Gasteiger partial charge is 0.211 e. The summed E-state index contributed by atoms with van der Waals surface area (Å²) in [6.07, 6.45) is 5.63. The molecular weight excluding hydrogens is 456 g/mol. The van der Waals surface area contributed by atoms with Gasteiger partial charge in [-0.15, -0.1) is 0 Å². The summed E-state index contributed by atoms with van der Waals surface area (Å²) in [5.41, 5.74) is 10.6. The first-order valence-electron chi connectivity index (χ1n) is 12.7. The van der Waals surface area contributed by atoms with Crippen molar-refractivity contribution < 1.29 is 8.42 Å². The molecule has 1 heterocycles. The SMILES string of the molecule is CCN=C(/C=C(\N)Cc1ccccc1)C1CCN(CC[C@H](NS(=O)(=O)CC)c2ccccc2)CC1. The minimum absolute atomic E-state index is 0.0855. The molecule has 0 amide bonds. The van der Waals surface area contributed by atoms with E-state index in [2.05, 4.69) is 34.8 Å². The summed E-state index contributed by atoms with van der Waals surface area (Å²) in [5.74, 6) is 0.492. The Labute approximate surface area is 211 Å². The molecule has 1 saturated heterocycles. The van der Waals surface area contributed by atoms with Gasteiger partial charge in [0.05, 0.1) is 5.75 Å². The average Bonchev–Trinajstić information content (AvgIpc) is 2.88. The van der Waals surface area contributed by atoms with Crippen LogP contribution in [0.15, 0.2) is 77.4 Å². The molecule has 0 spiro atoms. The van der Waals surface area contributed by atoms with Crippen molar-refractivity contribution in [2.24, 2.45) is 16.6 Å². The molecule has 6 nitrogen and oxygen atoms in total. The number of nitrogens with zero attached hydrogens (tertiary/aromatic N) is 2. The van der Waals surface area contributed by atoms with Gasteiger partial charge in [0.15, 0.2) is 0 Å². The Morgan fingerprint density at radius 2 is 1.71 bits per heavy atom. The lowest BCUT2D eigenvalue weighted by Gasteiger charge is -2.33. The Hall–Kier alpha value is -2.48. The van der Waals surface area contributed by atoms with Crippen molar-refractivity contribution in [1.82, 2.24) is 9.62 Å². The molecular formula is C28H40N4O2S. The highest BCUT2D eigenvalue weighted by atomic mass is 32.2. The molecule has 0 aromatic heterocycles. The van der Waals surface area contributed by atoms with Crippen LogP contribution in [0.5, 0.6) is 0 Å². The van der Waals surface area contributed by atoms with Gasteiger partial charge in [-0.3, -0.25) is 4.99 Å². The Morgan fingerprint density at radius 1 is 1.09 bits per heavy atom. The van der Waals surface area contributed by atoms with Crippen LogP contribution in [0.1, 0.15) is 50.3 Å². The van der Waals surface area contributed by atoms with Crippen molar-refractivity contribution in [3.63, 3.8) is 0 Å². The van der Waals surface area contributed by atoms with Crippen LogP contribution >= 0.6 is 0 Å². The van der Waals surface area contributed by atoms with E-state index >= 15 is 0 Å². The third kappa shape index (κ3) is 8.91. The van der Waals surface area contributed by atoms with Gasteiger partial charge in [0.25, 0.3) is 0 Å². The summed E-state index contributed by atoms with van der Waals surface area (Å²) < 4.78 is 27.4. The monoisotopic (exact) mass is 496 g/mol. The summed E-state index contributed by atoms with van der Waals surface area (Å²) in [5, 5.41) is 0. The predicted octanol–water partition coefficient (Wildman–Crippen LogP) is 4.32. The largest absolute Gasteiger partial charge is 0.402 e. The molecule has 1 fully saturated rings. The zero-order valence-electron chi connectivity index (χ0n) is 21.1.